The second-order valence-corrected chi connectivity index (χ2v) is 5.99. The van der Waals surface area contributed by atoms with Gasteiger partial charge in [-0.1, -0.05) is 18.2 Å². The van der Waals surface area contributed by atoms with Crippen LogP contribution in [0.3, 0.4) is 0 Å². The van der Waals surface area contributed by atoms with Gasteiger partial charge in [0.1, 0.15) is 0 Å². The lowest BCUT2D eigenvalue weighted by Crippen LogP contribution is -2.41. The number of ether oxygens (including phenoxy) is 4. The number of methoxy groups -OCH3 is 1. The number of carbonyl (C=O) groups excluding carboxylic acids is 1. The third-order valence-corrected chi connectivity index (χ3v) is 4.76. The highest BCUT2D eigenvalue weighted by molar-refractivity contribution is 5.80. The van der Waals surface area contributed by atoms with Gasteiger partial charge in [0.25, 0.3) is 0 Å². The number of allylic oxidation sites excluding steroid dienone is 1. The first-order valence-electron chi connectivity index (χ1n) is 7.53. The van der Waals surface area contributed by atoms with Gasteiger partial charge in [0.05, 0.1) is 26.7 Å². The Kier molecular flexibility index (Phi) is 3.03. The van der Waals surface area contributed by atoms with E-state index in [1.807, 2.05) is 24.3 Å². The molecule has 1 atom stereocenters. The molecule has 3 aliphatic rings. The highest BCUT2D eigenvalue weighted by Crippen LogP contribution is 2.51. The molecule has 0 bridgehead atoms. The van der Waals surface area contributed by atoms with Crippen LogP contribution in [0.15, 0.2) is 30.4 Å². The minimum Gasteiger partial charge on any atom is -0.493 e. The van der Waals surface area contributed by atoms with Gasteiger partial charge in [-0.05, 0) is 18.6 Å². The summed E-state index contributed by atoms with van der Waals surface area (Å²) in [5.41, 5.74) is 0.635. The molecule has 4 rings (SSSR count). The number of rotatable bonds is 1. The van der Waals surface area contributed by atoms with Crippen LogP contribution >= 0.6 is 0 Å². The van der Waals surface area contributed by atoms with Crippen molar-refractivity contribution in [3.8, 4) is 11.5 Å². The van der Waals surface area contributed by atoms with Crippen LogP contribution in [0.1, 0.15) is 24.8 Å². The maximum atomic E-state index is 12.1. The molecule has 1 fully saturated rings. The van der Waals surface area contributed by atoms with Crippen LogP contribution in [0.25, 0.3) is 0 Å². The first kappa shape index (κ1) is 13.8. The van der Waals surface area contributed by atoms with Gasteiger partial charge >= 0.3 is 5.97 Å². The van der Waals surface area contributed by atoms with Crippen LogP contribution in [-0.4, -0.2) is 32.1 Å². The van der Waals surface area contributed by atoms with Gasteiger partial charge in [-0.2, -0.15) is 0 Å². The van der Waals surface area contributed by atoms with Crippen LogP contribution in [0.5, 0.6) is 11.5 Å². The lowest BCUT2D eigenvalue weighted by Gasteiger charge is -2.41. The van der Waals surface area contributed by atoms with Gasteiger partial charge in [0, 0.05) is 17.4 Å². The molecule has 0 radical (unpaired) electrons. The zero-order valence-corrected chi connectivity index (χ0v) is 12.5. The fourth-order valence-electron chi connectivity index (χ4n) is 3.61. The van der Waals surface area contributed by atoms with E-state index in [-0.39, 0.29) is 11.4 Å². The zero-order valence-electron chi connectivity index (χ0n) is 12.5. The molecule has 1 aliphatic carbocycles. The molecule has 1 aromatic rings. The van der Waals surface area contributed by atoms with Crippen molar-refractivity contribution in [2.75, 3.05) is 20.3 Å². The average Bonchev–Trinajstić information content (AvgIpc) is 2.99. The Hall–Kier alpha value is -1.85. The van der Waals surface area contributed by atoms with Crippen molar-refractivity contribution in [2.24, 2.45) is 0 Å². The molecule has 22 heavy (non-hydrogen) atoms. The Morgan fingerprint density at radius 3 is 2.64 bits per heavy atom. The van der Waals surface area contributed by atoms with Crippen molar-refractivity contribution in [2.45, 2.75) is 30.5 Å². The maximum Gasteiger partial charge on any atom is 0.312 e. The lowest BCUT2D eigenvalue weighted by molar-refractivity contribution is -0.141. The molecule has 1 unspecified atom stereocenters. The molecule has 0 N–H and O–H groups in total. The minimum absolute atomic E-state index is 0.231. The quantitative estimate of drug-likeness (QED) is 0.453. The molecule has 2 aliphatic heterocycles. The third-order valence-electron chi connectivity index (χ3n) is 4.76. The van der Waals surface area contributed by atoms with Crippen molar-refractivity contribution in [3.05, 3.63) is 35.9 Å². The van der Waals surface area contributed by atoms with Crippen molar-refractivity contribution in [1.82, 2.24) is 0 Å². The fraction of sp³-hybridized carbons (Fsp3) is 0.471. The van der Waals surface area contributed by atoms with E-state index in [4.69, 9.17) is 18.9 Å². The largest absolute Gasteiger partial charge is 0.493 e. The molecule has 2 spiro atoms. The van der Waals surface area contributed by atoms with Crippen LogP contribution < -0.4 is 9.47 Å². The molecule has 116 valence electrons. The summed E-state index contributed by atoms with van der Waals surface area (Å²) >= 11 is 0. The molecule has 2 heterocycles. The van der Waals surface area contributed by atoms with E-state index < -0.39 is 5.79 Å². The lowest BCUT2D eigenvalue weighted by atomic mass is 9.68. The summed E-state index contributed by atoms with van der Waals surface area (Å²) in [6.45, 7) is 1.23. The maximum absolute atomic E-state index is 12.1. The van der Waals surface area contributed by atoms with Crippen molar-refractivity contribution >= 4 is 5.97 Å². The van der Waals surface area contributed by atoms with Gasteiger partial charge in [-0.15, -0.1) is 0 Å². The molecule has 5 heteroatoms. The summed E-state index contributed by atoms with van der Waals surface area (Å²) in [4.78, 5) is 12.1. The van der Waals surface area contributed by atoms with Crippen molar-refractivity contribution < 1.29 is 23.7 Å². The SMILES string of the molecule is COc1cccc2c1OC(=O)CC21C=CC2(CC1)OCCO2. The molecule has 0 aromatic heterocycles. The number of para-hydroxylation sites is 1. The normalized spacial score (nSPS) is 28.7. The summed E-state index contributed by atoms with van der Waals surface area (Å²) in [6.07, 6.45) is 5.86. The standard InChI is InChI=1S/C17H18O5/c1-19-13-4-2-3-12-15(13)22-14(18)11-16(12)5-7-17(8-6-16)20-9-10-21-17/h2-5,7H,6,8-11H2,1H3. The van der Waals surface area contributed by atoms with Gasteiger partial charge in [0.15, 0.2) is 17.3 Å². The number of carbonyl (C=O) groups is 1. The van der Waals surface area contributed by atoms with Gasteiger partial charge in [0.2, 0.25) is 0 Å². The van der Waals surface area contributed by atoms with Crippen LogP contribution in [0.4, 0.5) is 0 Å². The first-order valence-corrected chi connectivity index (χ1v) is 7.53. The van der Waals surface area contributed by atoms with Gasteiger partial charge in [-0.25, -0.2) is 0 Å². The minimum atomic E-state index is -0.606. The second-order valence-electron chi connectivity index (χ2n) is 5.99. The Labute approximate surface area is 128 Å². The Morgan fingerprint density at radius 1 is 1.14 bits per heavy atom. The number of esters is 1. The van der Waals surface area contributed by atoms with Crippen LogP contribution in [0.2, 0.25) is 0 Å². The van der Waals surface area contributed by atoms with E-state index in [9.17, 15) is 4.79 Å². The van der Waals surface area contributed by atoms with E-state index in [1.54, 1.807) is 7.11 Å². The highest BCUT2D eigenvalue weighted by atomic mass is 16.7. The fourth-order valence-corrected chi connectivity index (χ4v) is 3.61. The summed E-state index contributed by atoms with van der Waals surface area (Å²) in [6, 6.07) is 5.74. The number of fused-ring (bicyclic) bond motifs is 2. The van der Waals surface area contributed by atoms with Crippen LogP contribution in [0, 0.1) is 0 Å². The monoisotopic (exact) mass is 302 g/mol. The Bertz CT molecular complexity index is 644. The van der Waals surface area contributed by atoms with Crippen LogP contribution in [-0.2, 0) is 19.7 Å². The van der Waals surface area contributed by atoms with Crippen molar-refractivity contribution in [1.29, 1.82) is 0 Å². The van der Waals surface area contributed by atoms with Crippen molar-refractivity contribution in [3.63, 3.8) is 0 Å². The Morgan fingerprint density at radius 2 is 1.95 bits per heavy atom. The molecule has 1 aromatic carbocycles. The Balaban J connectivity index is 1.79. The summed E-state index contributed by atoms with van der Waals surface area (Å²) in [7, 11) is 1.58. The average molecular weight is 302 g/mol. The van der Waals surface area contributed by atoms with E-state index >= 15 is 0 Å². The van der Waals surface area contributed by atoms with E-state index in [2.05, 4.69) is 6.08 Å². The smallest absolute Gasteiger partial charge is 0.312 e. The predicted octanol–water partition coefficient (Wildman–Crippen LogP) is 2.34. The van der Waals surface area contributed by atoms with E-state index in [0.717, 1.165) is 18.4 Å². The molecular formula is C17H18O5. The number of hydrogen-bond acceptors (Lipinski definition) is 5. The van der Waals surface area contributed by atoms with Gasteiger partial charge in [-0.3, -0.25) is 4.79 Å². The second kappa shape index (κ2) is 4.83. The van der Waals surface area contributed by atoms with Gasteiger partial charge < -0.3 is 18.9 Å². The zero-order chi connectivity index (χ0) is 15.2. The summed E-state index contributed by atoms with van der Waals surface area (Å²) in [5, 5.41) is 0. The number of hydrogen-bond donors (Lipinski definition) is 0. The first-order chi connectivity index (χ1) is 10.7. The third kappa shape index (κ3) is 1.96. The summed E-state index contributed by atoms with van der Waals surface area (Å²) in [5.74, 6) is 0.291. The van der Waals surface area contributed by atoms with E-state index in [1.165, 1.54) is 0 Å². The molecular weight excluding hydrogens is 284 g/mol. The molecule has 5 nitrogen and oxygen atoms in total. The topological polar surface area (TPSA) is 54.0 Å². The summed E-state index contributed by atoms with van der Waals surface area (Å²) < 4.78 is 22.2. The molecule has 0 amide bonds. The number of benzene rings is 1. The highest BCUT2D eigenvalue weighted by Gasteiger charge is 2.47. The molecule has 1 saturated heterocycles. The van der Waals surface area contributed by atoms with E-state index in [0.29, 0.717) is 31.1 Å². The predicted molar refractivity (Wildman–Crippen MR) is 77.9 cm³/mol. The molecule has 0 saturated carbocycles.